The van der Waals surface area contributed by atoms with E-state index in [1.54, 1.807) is 30.3 Å². The van der Waals surface area contributed by atoms with Crippen LogP contribution in [0.4, 0.5) is 5.69 Å². The van der Waals surface area contributed by atoms with Crippen LogP contribution in [0.5, 0.6) is 5.75 Å². The molecule has 0 saturated carbocycles. The molecule has 1 amide bonds. The van der Waals surface area contributed by atoms with E-state index in [-0.39, 0.29) is 24.6 Å². The number of carbonyl (C=O) groups excluding carboxylic acids is 1. The molecule has 0 aromatic heterocycles. The number of nitrogens with one attached hydrogen (secondary N) is 1. The Labute approximate surface area is 206 Å². The molecule has 0 heterocycles. The van der Waals surface area contributed by atoms with Crippen LogP contribution in [0.3, 0.4) is 0 Å². The van der Waals surface area contributed by atoms with Crippen molar-refractivity contribution < 1.29 is 17.9 Å². The molecule has 6 nitrogen and oxygen atoms in total. The number of nitrogens with zero attached hydrogens (tertiary/aromatic N) is 1. The lowest BCUT2D eigenvalue weighted by Gasteiger charge is -2.25. The summed E-state index contributed by atoms with van der Waals surface area (Å²) < 4.78 is 33.8. The number of anilines is 1. The molecule has 0 aliphatic heterocycles. The number of aryl methyl sites for hydroxylation is 2. The summed E-state index contributed by atoms with van der Waals surface area (Å²) >= 11 is 0. The maximum atomic E-state index is 13.4. The van der Waals surface area contributed by atoms with Crippen LogP contribution in [-0.2, 0) is 14.8 Å². The van der Waals surface area contributed by atoms with Crippen molar-refractivity contribution in [3.8, 4) is 5.75 Å². The topological polar surface area (TPSA) is 75.7 Å². The van der Waals surface area contributed by atoms with Gasteiger partial charge in [-0.1, -0.05) is 54.6 Å². The first-order valence-corrected chi connectivity index (χ1v) is 12.8. The van der Waals surface area contributed by atoms with Crippen molar-refractivity contribution in [1.29, 1.82) is 0 Å². The molecule has 0 saturated heterocycles. The van der Waals surface area contributed by atoms with E-state index in [9.17, 15) is 13.2 Å². The lowest BCUT2D eigenvalue weighted by atomic mass is 10.1. The minimum atomic E-state index is -3.94. The summed E-state index contributed by atoms with van der Waals surface area (Å²) in [7, 11) is -3.94. The van der Waals surface area contributed by atoms with E-state index in [2.05, 4.69) is 5.32 Å². The highest BCUT2D eigenvalue weighted by atomic mass is 32.2. The van der Waals surface area contributed by atoms with Gasteiger partial charge >= 0.3 is 0 Å². The van der Waals surface area contributed by atoms with E-state index >= 15 is 0 Å². The Bertz CT molecular complexity index is 1420. The smallest absolute Gasteiger partial charge is 0.264 e. The van der Waals surface area contributed by atoms with Gasteiger partial charge in [0.05, 0.1) is 17.1 Å². The van der Waals surface area contributed by atoms with Gasteiger partial charge in [-0.25, -0.2) is 8.42 Å². The predicted octanol–water partition coefficient (Wildman–Crippen LogP) is 4.85. The average molecular weight is 489 g/mol. The molecule has 0 aliphatic carbocycles. The molecule has 0 spiro atoms. The standard InChI is InChI=1S/C28H28N2O4S/c1-21-16-22(2)18-25(17-21)30(35(32,33)27-10-4-3-5-11-27)20-28(31)29-14-15-34-26-13-12-23-8-6-7-9-24(23)19-26/h3-13,16-19H,14-15,20H2,1-2H3,(H,29,31). The Morgan fingerprint density at radius 1 is 0.829 bits per heavy atom. The lowest BCUT2D eigenvalue weighted by Crippen LogP contribution is -2.42. The van der Waals surface area contributed by atoms with Gasteiger partial charge in [0.25, 0.3) is 10.0 Å². The van der Waals surface area contributed by atoms with Gasteiger partial charge in [0.1, 0.15) is 18.9 Å². The second kappa shape index (κ2) is 10.6. The molecule has 4 aromatic rings. The van der Waals surface area contributed by atoms with Crippen LogP contribution in [0.1, 0.15) is 11.1 Å². The zero-order valence-corrected chi connectivity index (χ0v) is 20.6. The highest BCUT2D eigenvalue weighted by Crippen LogP contribution is 2.26. The van der Waals surface area contributed by atoms with E-state index in [1.807, 2.05) is 62.4 Å². The quantitative estimate of drug-likeness (QED) is 0.342. The molecule has 7 heteroatoms. The van der Waals surface area contributed by atoms with E-state index in [4.69, 9.17) is 4.74 Å². The first-order chi connectivity index (χ1) is 16.8. The summed E-state index contributed by atoms with van der Waals surface area (Å²) in [6, 6.07) is 27.5. The molecule has 35 heavy (non-hydrogen) atoms. The fourth-order valence-electron chi connectivity index (χ4n) is 3.93. The van der Waals surface area contributed by atoms with Crippen molar-refractivity contribution in [1.82, 2.24) is 5.32 Å². The Balaban J connectivity index is 1.44. The summed E-state index contributed by atoms with van der Waals surface area (Å²) in [4.78, 5) is 12.9. The number of hydrogen-bond acceptors (Lipinski definition) is 4. The van der Waals surface area contributed by atoms with Crippen molar-refractivity contribution in [2.24, 2.45) is 0 Å². The third kappa shape index (κ3) is 6.00. The van der Waals surface area contributed by atoms with Crippen LogP contribution in [0.2, 0.25) is 0 Å². The van der Waals surface area contributed by atoms with E-state index in [0.29, 0.717) is 11.4 Å². The maximum absolute atomic E-state index is 13.4. The number of rotatable bonds is 9. The number of hydrogen-bond donors (Lipinski definition) is 1. The summed E-state index contributed by atoms with van der Waals surface area (Å²) in [5.74, 6) is 0.298. The van der Waals surface area contributed by atoms with Crippen LogP contribution in [0, 0.1) is 13.8 Å². The van der Waals surface area contributed by atoms with E-state index < -0.39 is 15.9 Å². The third-order valence-electron chi connectivity index (χ3n) is 5.53. The van der Waals surface area contributed by atoms with Crippen molar-refractivity contribution >= 4 is 32.4 Å². The second-order valence-corrected chi connectivity index (χ2v) is 10.2. The predicted molar refractivity (Wildman–Crippen MR) is 139 cm³/mol. The number of amides is 1. The molecule has 4 rings (SSSR count). The van der Waals surface area contributed by atoms with E-state index in [0.717, 1.165) is 26.2 Å². The highest BCUT2D eigenvalue weighted by Gasteiger charge is 2.27. The first-order valence-electron chi connectivity index (χ1n) is 11.4. The number of carbonyl (C=O) groups is 1. The van der Waals surface area contributed by atoms with Gasteiger partial charge in [-0.3, -0.25) is 9.10 Å². The summed E-state index contributed by atoms with van der Waals surface area (Å²) in [5, 5.41) is 4.97. The SMILES string of the molecule is Cc1cc(C)cc(N(CC(=O)NCCOc2ccc3ccccc3c2)S(=O)(=O)c2ccccc2)c1. The largest absolute Gasteiger partial charge is 0.492 e. The van der Waals surface area contributed by atoms with Crippen molar-refractivity contribution in [2.75, 3.05) is 24.0 Å². The maximum Gasteiger partial charge on any atom is 0.264 e. The molecule has 0 radical (unpaired) electrons. The second-order valence-electron chi connectivity index (χ2n) is 8.38. The molecule has 180 valence electrons. The van der Waals surface area contributed by atoms with Gasteiger partial charge in [0, 0.05) is 0 Å². The third-order valence-corrected chi connectivity index (χ3v) is 7.31. The average Bonchev–Trinajstić information content (AvgIpc) is 2.85. The number of benzene rings is 4. The van der Waals surface area contributed by atoms with Crippen LogP contribution in [0.25, 0.3) is 10.8 Å². The van der Waals surface area contributed by atoms with Crippen molar-refractivity contribution in [2.45, 2.75) is 18.7 Å². The summed E-state index contributed by atoms with van der Waals surface area (Å²) in [5.41, 5.74) is 2.28. The Hall–Kier alpha value is -3.84. The molecule has 0 unspecified atom stereocenters. The van der Waals surface area contributed by atoms with Gasteiger partial charge < -0.3 is 10.1 Å². The zero-order valence-electron chi connectivity index (χ0n) is 19.8. The minimum absolute atomic E-state index is 0.131. The summed E-state index contributed by atoms with van der Waals surface area (Å²) in [6.07, 6.45) is 0. The minimum Gasteiger partial charge on any atom is -0.492 e. The molecule has 0 aliphatic rings. The lowest BCUT2D eigenvalue weighted by molar-refractivity contribution is -0.119. The molecule has 4 aromatic carbocycles. The highest BCUT2D eigenvalue weighted by molar-refractivity contribution is 7.92. The Morgan fingerprint density at radius 2 is 1.49 bits per heavy atom. The summed E-state index contributed by atoms with van der Waals surface area (Å²) in [6.45, 7) is 3.97. The van der Waals surface area contributed by atoms with Gasteiger partial charge in [-0.2, -0.15) is 0 Å². The Kier molecular flexibility index (Phi) is 7.36. The number of fused-ring (bicyclic) bond motifs is 1. The van der Waals surface area contributed by atoms with Crippen LogP contribution in [-0.4, -0.2) is 34.0 Å². The van der Waals surface area contributed by atoms with E-state index in [1.165, 1.54) is 12.1 Å². The van der Waals surface area contributed by atoms with Gasteiger partial charge in [0.15, 0.2) is 0 Å². The molecular formula is C28H28N2O4S. The fourth-order valence-corrected chi connectivity index (χ4v) is 5.36. The molecule has 0 bridgehead atoms. The van der Waals surface area contributed by atoms with Gasteiger partial charge in [0.2, 0.25) is 5.91 Å². The molecule has 0 fully saturated rings. The van der Waals surface area contributed by atoms with Gasteiger partial charge in [-0.05, 0) is 72.1 Å². The molecule has 1 N–H and O–H groups in total. The zero-order chi connectivity index (χ0) is 24.8. The van der Waals surface area contributed by atoms with Crippen LogP contribution < -0.4 is 14.4 Å². The first kappa shape index (κ1) is 24.3. The number of ether oxygens (including phenoxy) is 1. The Morgan fingerprint density at radius 3 is 2.20 bits per heavy atom. The fraction of sp³-hybridized carbons (Fsp3) is 0.179. The van der Waals surface area contributed by atoms with Gasteiger partial charge in [-0.15, -0.1) is 0 Å². The number of sulfonamides is 1. The monoisotopic (exact) mass is 488 g/mol. The van der Waals surface area contributed by atoms with Crippen LogP contribution >= 0.6 is 0 Å². The molecule has 0 atom stereocenters. The molecular weight excluding hydrogens is 460 g/mol. The van der Waals surface area contributed by atoms with Crippen molar-refractivity contribution in [3.63, 3.8) is 0 Å². The normalized spacial score (nSPS) is 11.3. The van der Waals surface area contributed by atoms with Crippen LogP contribution in [0.15, 0.2) is 95.9 Å². The van der Waals surface area contributed by atoms with Crippen molar-refractivity contribution in [3.05, 3.63) is 102 Å².